The maximum atomic E-state index is 10.5. The van der Waals surface area contributed by atoms with Gasteiger partial charge in [-0.3, -0.25) is 4.79 Å². The molecule has 0 heterocycles. The second-order valence-electron chi connectivity index (χ2n) is 8.33. The number of halogens is 1. The molecule has 29 heavy (non-hydrogen) atoms. The van der Waals surface area contributed by atoms with E-state index in [4.69, 9.17) is 5.11 Å². The SMILES string of the molecule is CCCCCCCCCCCCCCCC/C=C/CC/C(Br)=C/CCCC(=O)O. The third kappa shape index (κ3) is 25.4. The van der Waals surface area contributed by atoms with E-state index in [1.54, 1.807) is 0 Å². The number of allylic oxidation sites excluding steroid dienone is 4. The summed E-state index contributed by atoms with van der Waals surface area (Å²) in [6.07, 6.45) is 31.7. The van der Waals surface area contributed by atoms with Gasteiger partial charge in [0.25, 0.3) is 0 Å². The number of unbranched alkanes of at least 4 members (excludes halogenated alkanes) is 15. The van der Waals surface area contributed by atoms with Crippen LogP contribution in [0.4, 0.5) is 0 Å². The lowest BCUT2D eigenvalue weighted by Crippen LogP contribution is -1.92. The number of rotatable bonds is 22. The third-order valence-electron chi connectivity index (χ3n) is 5.40. The first kappa shape index (κ1) is 28.4. The fraction of sp³-hybridized carbons (Fsp3) is 0.808. The van der Waals surface area contributed by atoms with Gasteiger partial charge in [-0.15, -0.1) is 0 Å². The molecular formula is C26H47BrO2. The topological polar surface area (TPSA) is 37.3 Å². The first-order valence-electron chi connectivity index (χ1n) is 12.4. The zero-order valence-corrected chi connectivity index (χ0v) is 20.7. The van der Waals surface area contributed by atoms with E-state index >= 15 is 0 Å². The predicted molar refractivity (Wildman–Crippen MR) is 132 cm³/mol. The number of hydrogen-bond acceptors (Lipinski definition) is 1. The van der Waals surface area contributed by atoms with Crippen molar-refractivity contribution in [1.82, 2.24) is 0 Å². The molecule has 3 heteroatoms. The van der Waals surface area contributed by atoms with Crippen molar-refractivity contribution in [3.05, 3.63) is 22.7 Å². The van der Waals surface area contributed by atoms with Crippen molar-refractivity contribution in [1.29, 1.82) is 0 Å². The average Bonchev–Trinajstić information content (AvgIpc) is 2.70. The molecule has 0 aliphatic heterocycles. The maximum absolute atomic E-state index is 10.5. The van der Waals surface area contributed by atoms with Crippen LogP contribution in [-0.4, -0.2) is 11.1 Å². The smallest absolute Gasteiger partial charge is 0.303 e. The molecule has 0 aromatic carbocycles. The summed E-state index contributed by atoms with van der Waals surface area (Å²) in [4.78, 5) is 10.5. The lowest BCUT2D eigenvalue weighted by atomic mass is 10.0. The highest BCUT2D eigenvalue weighted by Gasteiger charge is 1.96. The monoisotopic (exact) mass is 470 g/mol. The van der Waals surface area contributed by atoms with Gasteiger partial charge in [0, 0.05) is 6.42 Å². The molecular weight excluding hydrogens is 424 g/mol. The molecule has 0 amide bonds. The van der Waals surface area contributed by atoms with Crippen molar-refractivity contribution in [2.24, 2.45) is 0 Å². The second kappa shape index (κ2) is 23.7. The maximum Gasteiger partial charge on any atom is 0.303 e. The molecule has 0 saturated carbocycles. The Balaban J connectivity index is 3.26. The normalized spacial score (nSPS) is 12.1. The molecule has 0 unspecified atom stereocenters. The van der Waals surface area contributed by atoms with E-state index in [1.807, 2.05) is 0 Å². The van der Waals surface area contributed by atoms with Crippen LogP contribution in [0.3, 0.4) is 0 Å². The number of carbonyl (C=O) groups is 1. The Hall–Kier alpha value is -0.570. The average molecular weight is 472 g/mol. The Kier molecular flexibility index (Phi) is 23.2. The lowest BCUT2D eigenvalue weighted by Gasteiger charge is -2.02. The van der Waals surface area contributed by atoms with Crippen molar-refractivity contribution in [3.8, 4) is 0 Å². The van der Waals surface area contributed by atoms with E-state index in [0.29, 0.717) is 0 Å². The van der Waals surface area contributed by atoms with E-state index in [9.17, 15) is 4.79 Å². The predicted octanol–water partition coefficient (Wildman–Crippen LogP) is 9.73. The summed E-state index contributed by atoms with van der Waals surface area (Å²) >= 11 is 3.58. The summed E-state index contributed by atoms with van der Waals surface area (Å²) in [6, 6.07) is 0. The molecule has 0 aliphatic carbocycles. The van der Waals surface area contributed by atoms with Gasteiger partial charge in [0.15, 0.2) is 0 Å². The molecule has 0 atom stereocenters. The molecule has 0 radical (unpaired) electrons. The van der Waals surface area contributed by atoms with Crippen LogP contribution in [0.1, 0.15) is 135 Å². The zero-order chi connectivity index (χ0) is 21.4. The van der Waals surface area contributed by atoms with Gasteiger partial charge in [0.2, 0.25) is 0 Å². The Morgan fingerprint density at radius 1 is 0.655 bits per heavy atom. The van der Waals surface area contributed by atoms with Gasteiger partial charge in [0.1, 0.15) is 0 Å². The van der Waals surface area contributed by atoms with E-state index in [0.717, 1.165) is 25.7 Å². The van der Waals surface area contributed by atoms with E-state index in [-0.39, 0.29) is 6.42 Å². The van der Waals surface area contributed by atoms with Crippen LogP contribution >= 0.6 is 15.9 Å². The Morgan fingerprint density at radius 3 is 1.66 bits per heavy atom. The van der Waals surface area contributed by atoms with Gasteiger partial charge in [-0.05, 0) is 43.0 Å². The molecule has 0 spiro atoms. The second-order valence-corrected chi connectivity index (χ2v) is 9.35. The molecule has 0 rings (SSSR count). The molecule has 0 fully saturated rings. The number of carboxylic acids is 1. The van der Waals surface area contributed by atoms with Gasteiger partial charge >= 0.3 is 5.97 Å². The quantitative estimate of drug-likeness (QED) is 0.126. The fourth-order valence-electron chi connectivity index (χ4n) is 3.53. The number of aliphatic carboxylic acids is 1. The summed E-state index contributed by atoms with van der Waals surface area (Å²) < 4.78 is 1.20. The molecule has 0 aromatic rings. The minimum absolute atomic E-state index is 0.260. The largest absolute Gasteiger partial charge is 0.481 e. The van der Waals surface area contributed by atoms with Crippen LogP contribution in [0.5, 0.6) is 0 Å². The van der Waals surface area contributed by atoms with Gasteiger partial charge in [-0.25, -0.2) is 0 Å². The first-order chi connectivity index (χ1) is 14.2. The molecule has 0 saturated heterocycles. The number of carboxylic acid groups (broad SMARTS) is 1. The summed E-state index contributed by atoms with van der Waals surface area (Å²) in [5, 5.41) is 8.61. The standard InChI is InChI=1S/C26H47BrO2/c1-2-3-4-5-6-7-8-9-10-11-12-13-14-15-16-17-18-19-22-25(27)23-20-21-24-26(28)29/h17-18,23H,2-16,19-22,24H2,1H3,(H,28,29)/b18-17+,25-23-. The fourth-order valence-corrected chi connectivity index (χ4v) is 3.99. The molecule has 0 bridgehead atoms. The van der Waals surface area contributed by atoms with Crippen molar-refractivity contribution in [3.63, 3.8) is 0 Å². The Bertz CT molecular complexity index is 415. The Morgan fingerprint density at radius 2 is 1.14 bits per heavy atom. The molecule has 2 nitrogen and oxygen atoms in total. The van der Waals surface area contributed by atoms with Gasteiger partial charge in [-0.2, -0.15) is 0 Å². The van der Waals surface area contributed by atoms with Crippen LogP contribution in [0.15, 0.2) is 22.7 Å². The Labute approximate surface area is 189 Å². The van der Waals surface area contributed by atoms with Crippen LogP contribution in [-0.2, 0) is 4.79 Å². The van der Waals surface area contributed by atoms with E-state index < -0.39 is 5.97 Å². The summed E-state index contributed by atoms with van der Waals surface area (Å²) in [6.45, 7) is 2.28. The third-order valence-corrected chi connectivity index (χ3v) is 6.12. The van der Waals surface area contributed by atoms with Gasteiger partial charge in [0.05, 0.1) is 0 Å². The summed E-state index contributed by atoms with van der Waals surface area (Å²) in [5.41, 5.74) is 0. The highest BCUT2D eigenvalue weighted by atomic mass is 79.9. The van der Waals surface area contributed by atoms with Gasteiger partial charge < -0.3 is 5.11 Å². The van der Waals surface area contributed by atoms with Crippen LogP contribution in [0.2, 0.25) is 0 Å². The minimum atomic E-state index is -0.707. The zero-order valence-electron chi connectivity index (χ0n) is 19.1. The summed E-state index contributed by atoms with van der Waals surface area (Å²) in [7, 11) is 0. The van der Waals surface area contributed by atoms with E-state index in [1.165, 1.54) is 101 Å². The molecule has 1 N–H and O–H groups in total. The first-order valence-corrected chi connectivity index (χ1v) is 13.2. The van der Waals surface area contributed by atoms with Crippen molar-refractivity contribution >= 4 is 21.9 Å². The van der Waals surface area contributed by atoms with Crippen molar-refractivity contribution in [2.45, 2.75) is 135 Å². The molecule has 0 aromatic heterocycles. The van der Waals surface area contributed by atoms with E-state index in [2.05, 4.69) is 41.1 Å². The van der Waals surface area contributed by atoms with Crippen LogP contribution in [0, 0.1) is 0 Å². The van der Waals surface area contributed by atoms with Gasteiger partial charge in [-0.1, -0.05) is 125 Å². The minimum Gasteiger partial charge on any atom is -0.481 e. The van der Waals surface area contributed by atoms with Crippen molar-refractivity contribution in [2.75, 3.05) is 0 Å². The lowest BCUT2D eigenvalue weighted by molar-refractivity contribution is -0.137. The van der Waals surface area contributed by atoms with Crippen LogP contribution < -0.4 is 0 Å². The summed E-state index contributed by atoms with van der Waals surface area (Å²) in [5.74, 6) is -0.707. The molecule has 0 aliphatic rings. The highest BCUT2D eigenvalue weighted by Crippen LogP contribution is 2.16. The molecule has 170 valence electrons. The van der Waals surface area contributed by atoms with Crippen LogP contribution in [0.25, 0.3) is 0 Å². The van der Waals surface area contributed by atoms with Crippen molar-refractivity contribution < 1.29 is 9.90 Å². The highest BCUT2D eigenvalue weighted by molar-refractivity contribution is 9.11. The number of hydrogen-bond donors (Lipinski definition) is 1.